The third kappa shape index (κ3) is 6.23. The second kappa shape index (κ2) is 9.54. The summed E-state index contributed by atoms with van der Waals surface area (Å²) in [5.41, 5.74) is 5.09. The highest BCUT2D eigenvalue weighted by molar-refractivity contribution is 9.10. The lowest BCUT2D eigenvalue weighted by Gasteiger charge is -2.05. The van der Waals surface area contributed by atoms with Gasteiger partial charge in [0.2, 0.25) is 0 Å². The number of nitrogens with two attached hydrogens (primary N) is 1. The van der Waals surface area contributed by atoms with Crippen molar-refractivity contribution in [3.8, 4) is 5.82 Å². The van der Waals surface area contributed by atoms with Gasteiger partial charge in [-0.1, -0.05) is 6.07 Å². The molecule has 0 radical (unpaired) electrons. The van der Waals surface area contributed by atoms with Crippen molar-refractivity contribution in [2.24, 2.45) is 5.73 Å². The van der Waals surface area contributed by atoms with Crippen LogP contribution in [0.25, 0.3) is 5.82 Å². The molecule has 0 amide bonds. The van der Waals surface area contributed by atoms with E-state index in [4.69, 9.17) is 15.6 Å². The van der Waals surface area contributed by atoms with Gasteiger partial charge in [-0.05, 0) is 34.5 Å². The minimum atomic E-state index is -5.08. The zero-order chi connectivity index (χ0) is 21.6. The number of carbonyl (C=O) groups is 1. The lowest BCUT2D eigenvalue weighted by Crippen LogP contribution is -2.27. The summed E-state index contributed by atoms with van der Waals surface area (Å²) in [5.74, 6) is -2.37. The van der Waals surface area contributed by atoms with Gasteiger partial charge in [0.1, 0.15) is 16.7 Å². The maximum absolute atomic E-state index is 12.6. The third-order valence-corrected chi connectivity index (χ3v) is 3.54. The molecule has 0 fully saturated rings. The minimum absolute atomic E-state index is 0.332. The van der Waals surface area contributed by atoms with Crippen LogP contribution in [0.5, 0.6) is 0 Å². The molecule has 0 aromatic carbocycles. The predicted molar refractivity (Wildman–Crippen MR) is 90.0 cm³/mol. The monoisotopic (exact) mass is 473 g/mol. The molecule has 2 rings (SSSR count). The summed E-state index contributed by atoms with van der Waals surface area (Å²) in [6, 6.07) is 3.52. The van der Waals surface area contributed by atoms with Gasteiger partial charge in [0, 0.05) is 12.1 Å². The highest BCUT2D eigenvalue weighted by Gasteiger charge is 2.38. The normalized spacial score (nSPS) is 10.9. The van der Waals surface area contributed by atoms with Gasteiger partial charge in [-0.3, -0.25) is 0 Å². The Morgan fingerprint density at radius 3 is 2.36 bits per heavy atom. The summed E-state index contributed by atoms with van der Waals surface area (Å²) in [6.45, 7) is 1.10. The van der Waals surface area contributed by atoms with Crippen molar-refractivity contribution >= 4 is 21.9 Å². The van der Waals surface area contributed by atoms with E-state index < -0.39 is 23.9 Å². The van der Waals surface area contributed by atoms with E-state index in [1.165, 1.54) is 10.9 Å². The number of hydrogen-bond donors (Lipinski definition) is 2. The van der Waals surface area contributed by atoms with E-state index in [-0.39, 0.29) is 18.7 Å². The van der Waals surface area contributed by atoms with Gasteiger partial charge in [0.25, 0.3) is 6.08 Å². The highest BCUT2D eigenvalue weighted by atomic mass is 79.9. The van der Waals surface area contributed by atoms with E-state index in [1.807, 2.05) is 0 Å². The van der Waals surface area contributed by atoms with E-state index in [9.17, 15) is 26.7 Å². The lowest BCUT2D eigenvalue weighted by molar-refractivity contribution is -0.192. The third-order valence-electron chi connectivity index (χ3n) is 3.09. The number of nitrogens with zero attached hydrogens (tertiary/aromatic N) is 4. The molecule has 0 unspecified atom stereocenters. The van der Waals surface area contributed by atoms with Gasteiger partial charge in [0.15, 0.2) is 0 Å². The molecule has 0 aliphatic heterocycles. The minimum Gasteiger partial charge on any atom is -0.475 e. The van der Waals surface area contributed by atoms with Crippen LogP contribution in [0.2, 0.25) is 0 Å². The maximum Gasteiger partial charge on any atom is 0.490 e. The van der Waals surface area contributed by atoms with Crippen LogP contribution in [0.3, 0.4) is 0 Å². The molecule has 2 heterocycles. The van der Waals surface area contributed by atoms with Crippen molar-refractivity contribution in [2.45, 2.75) is 19.6 Å². The molecule has 2 aromatic rings. The van der Waals surface area contributed by atoms with Gasteiger partial charge in [-0.2, -0.15) is 27.1 Å². The Morgan fingerprint density at radius 1 is 1.32 bits per heavy atom. The first-order valence-electron chi connectivity index (χ1n) is 7.19. The van der Waals surface area contributed by atoms with Crippen molar-refractivity contribution < 1.29 is 31.9 Å². The van der Waals surface area contributed by atoms with Crippen molar-refractivity contribution in [3.05, 3.63) is 50.8 Å². The lowest BCUT2D eigenvalue weighted by atomic mass is 10.3. The van der Waals surface area contributed by atoms with E-state index in [1.54, 1.807) is 19.1 Å². The zero-order valence-electron chi connectivity index (χ0n) is 14.0. The Morgan fingerprint density at radius 2 is 1.89 bits per heavy atom. The number of carboxylic acids is 1. The number of hydrogen-bond acceptors (Lipinski definition) is 5. The Hall–Kier alpha value is -2.61. The average Bonchev–Trinajstić information content (AvgIpc) is 2.94. The summed E-state index contributed by atoms with van der Waals surface area (Å²) >= 11 is 3.22. The van der Waals surface area contributed by atoms with Gasteiger partial charge < -0.3 is 10.8 Å². The fourth-order valence-corrected chi connectivity index (χ4v) is 2.01. The second-order valence-electron chi connectivity index (χ2n) is 5.09. The van der Waals surface area contributed by atoms with Gasteiger partial charge in [0.05, 0.1) is 6.54 Å². The summed E-state index contributed by atoms with van der Waals surface area (Å²) in [4.78, 5) is 25.3. The number of alkyl halides is 3. The molecular formula is C14H13BrF5N5O3. The van der Waals surface area contributed by atoms with E-state index in [0.717, 1.165) is 10.2 Å². The zero-order valence-corrected chi connectivity index (χ0v) is 15.6. The molecule has 154 valence electrons. The molecule has 14 heteroatoms. The molecule has 0 aliphatic carbocycles. The number of pyridine rings is 1. The van der Waals surface area contributed by atoms with Crippen LogP contribution < -0.4 is 11.4 Å². The van der Waals surface area contributed by atoms with Crippen LogP contribution in [0.4, 0.5) is 22.0 Å². The number of aliphatic carboxylic acids is 1. The van der Waals surface area contributed by atoms with Crippen LogP contribution in [0.15, 0.2) is 39.5 Å². The van der Waals surface area contributed by atoms with Crippen LogP contribution in [-0.2, 0) is 11.3 Å². The van der Waals surface area contributed by atoms with Gasteiger partial charge in [-0.15, -0.1) is 0 Å². The van der Waals surface area contributed by atoms with Crippen molar-refractivity contribution in [3.63, 3.8) is 0 Å². The Balaban J connectivity index is 0.000000480. The van der Waals surface area contributed by atoms with E-state index >= 15 is 0 Å². The van der Waals surface area contributed by atoms with Crippen LogP contribution >= 0.6 is 15.9 Å². The molecule has 0 atom stereocenters. The van der Waals surface area contributed by atoms with Crippen molar-refractivity contribution in [1.29, 1.82) is 0 Å². The maximum atomic E-state index is 12.6. The first-order valence-corrected chi connectivity index (χ1v) is 7.99. The molecule has 0 saturated carbocycles. The van der Waals surface area contributed by atoms with Crippen LogP contribution in [0, 0.1) is 6.92 Å². The number of halogens is 6. The summed E-state index contributed by atoms with van der Waals surface area (Å²) in [7, 11) is 0. The van der Waals surface area contributed by atoms with E-state index in [2.05, 4.69) is 26.0 Å². The summed E-state index contributed by atoms with van der Waals surface area (Å²) < 4.78 is 59.6. The quantitative estimate of drug-likeness (QED) is 0.519. The number of rotatable bonds is 4. The predicted octanol–water partition coefficient (Wildman–Crippen LogP) is 2.24. The van der Waals surface area contributed by atoms with Gasteiger partial charge >= 0.3 is 17.8 Å². The fraction of sp³-hybridized carbons (Fsp3) is 0.286. The van der Waals surface area contributed by atoms with E-state index in [0.29, 0.717) is 10.4 Å². The smallest absolute Gasteiger partial charge is 0.475 e. The fourth-order valence-electron chi connectivity index (χ4n) is 1.71. The topological polar surface area (TPSA) is 116 Å². The molecule has 28 heavy (non-hydrogen) atoms. The average molecular weight is 474 g/mol. The molecule has 0 aliphatic rings. The standard InChI is InChI=1S/C12H12BrF2N5O.C2HF3O2/c1-7-2-3-9(13)18-11(7)19-6-17-20(12(19)21)5-8(4-16)10(14)15;3-2(4,5)1(6)7/h2-3,6H,4-5,16H2,1H3;(H,6,7). The Labute approximate surface area is 162 Å². The molecule has 2 aromatic heterocycles. The molecule has 0 bridgehead atoms. The Kier molecular flexibility index (Phi) is 7.99. The van der Waals surface area contributed by atoms with Crippen LogP contribution in [0.1, 0.15) is 5.56 Å². The molecule has 3 N–H and O–H groups in total. The largest absolute Gasteiger partial charge is 0.490 e. The first kappa shape index (κ1) is 23.4. The van der Waals surface area contributed by atoms with Crippen LogP contribution in [-0.4, -0.2) is 43.1 Å². The van der Waals surface area contributed by atoms with Crippen molar-refractivity contribution in [1.82, 2.24) is 19.3 Å². The van der Waals surface area contributed by atoms with Gasteiger partial charge in [-0.25, -0.2) is 23.8 Å². The Bertz CT molecular complexity index is 934. The number of aryl methyl sites for hydroxylation is 1. The summed E-state index contributed by atoms with van der Waals surface area (Å²) in [6.07, 6.45) is -5.73. The summed E-state index contributed by atoms with van der Waals surface area (Å²) in [5, 5.41) is 10.9. The number of aromatic nitrogens is 4. The second-order valence-corrected chi connectivity index (χ2v) is 5.90. The SMILES string of the molecule is Cc1ccc(Br)nc1-n1cnn(CC(CN)=C(F)F)c1=O.O=C(O)C(F)(F)F. The highest BCUT2D eigenvalue weighted by Crippen LogP contribution is 2.14. The first-order chi connectivity index (χ1) is 12.9. The van der Waals surface area contributed by atoms with Crippen molar-refractivity contribution in [2.75, 3.05) is 6.54 Å². The molecule has 0 saturated heterocycles. The molecular weight excluding hydrogens is 461 g/mol. The molecule has 0 spiro atoms. The number of carboxylic acid groups (broad SMARTS) is 1. The molecule has 8 nitrogen and oxygen atoms in total.